The molecule has 1 amide bonds. The lowest BCUT2D eigenvalue weighted by atomic mass is 9.90. The molecular formula is C28H24N2O2S. The maximum Gasteiger partial charge on any atom is 0.241 e. The van der Waals surface area contributed by atoms with Crippen LogP contribution in [0.15, 0.2) is 102 Å². The van der Waals surface area contributed by atoms with Crippen molar-refractivity contribution in [3.05, 3.63) is 120 Å². The maximum atomic E-state index is 14.3. The number of hydrogen-bond acceptors (Lipinski definition) is 4. The molecule has 5 heteroatoms. The minimum atomic E-state index is -0.444. The average Bonchev–Trinajstić information content (AvgIpc) is 3.53. The fourth-order valence-corrected chi connectivity index (χ4v) is 5.14. The summed E-state index contributed by atoms with van der Waals surface area (Å²) in [5.74, 6) is 0.249. The van der Waals surface area contributed by atoms with Crippen LogP contribution in [0.2, 0.25) is 0 Å². The van der Waals surface area contributed by atoms with Gasteiger partial charge in [-0.25, -0.2) is 4.98 Å². The summed E-state index contributed by atoms with van der Waals surface area (Å²) in [4.78, 5) is 21.0. The number of rotatable bonds is 7. The fourth-order valence-electron chi connectivity index (χ4n) is 4.12. The lowest BCUT2D eigenvalue weighted by Gasteiger charge is -2.25. The van der Waals surface area contributed by atoms with Crippen LogP contribution < -0.4 is 4.90 Å². The molecule has 33 heavy (non-hydrogen) atoms. The first-order valence-corrected chi connectivity index (χ1v) is 11.9. The van der Waals surface area contributed by atoms with Gasteiger partial charge >= 0.3 is 0 Å². The van der Waals surface area contributed by atoms with Crippen LogP contribution in [0.1, 0.15) is 35.3 Å². The van der Waals surface area contributed by atoms with E-state index < -0.39 is 5.92 Å². The van der Waals surface area contributed by atoms with Gasteiger partial charge in [-0.1, -0.05) is 91.1 Å². The third kappa shape index (κ3) is 4.32. The summed E-state index contributed by atoms with van der Waals surface area (Å²) in [7, 11) is 0. The Bertz CT molecular complexity index is 1310. The highest BCUT2D eigenvalue weighted by Crippen LogP contribution is 2.35. The minimum Gasteiger partial charge on any atom is -0.467 e. The molecule has 0 N–H and O–H groups in total. The van der Waals surface area contributed by atoms with Gasteiger partial charge in [0.2, 0.25) is 5.91 Å². The van der Waals surface area contributed by atoms with Gasteiger partial charge < -0.3 is 4.42 Å². The van der Waals surface area contributed by atoms with Gasteiger partial charge in [0.05, 0.1) is 28.9 Å². The van der Waals surface area contributed by atoms with Crippen molar-refractivity contribution in [2.75, 3.05) is 4.90 Å². The highest BCUT2D eigenvalue weighted by atomic mass is 32.1. The number of anilines is 1. The number of benzene rings is 3. The van der Waals surface area contributed by atoms with Crippen molar-refractivity contribution in [3.63, 3.8) is 0 Å². The minimum absolute atomic E-state index is 0.0269. The van der Waals surface area contributed by atoms with Crippen molar-refractivity contribution in [2.24, 2.45) is 0 Å². The number of aryl methyl sites for hydroxylation is 1. The van der Waals surface area contributed by atoms with Gasteiger partial charge in [-0.3, -0.25) is 9.69 Å². The second-order valence-corrected chi connectivity index (χ2v) is 8.88. The number of aromatic nitrogens is 1. The summed E-state index contributed by atoms with van der Waals surface area (Å²) in [6.07, 6.45) is 2.53. The van der Waals surface area contributed by atoms with Gasteiger partial charge in [0.15, 0.2) is 5.13 Å². The van der Waals surface area contributed by atoms with Crippen LogP contribution in [-0.4, -0.2) is 10.9 Å². The zero-order chi connectivity index (χ0) is 22.6. The number of fused-ring (bicyclic) bond motifs is 1. The summed E-state index contributed by atoms with van der Waals surface area (Å²) in [5, 5.41) is 0.684. The third-order valence-electron chi connectivity index (χ3n) is 5.78. The van der Waals surface area contributed by atoms with E-state index in [1.807, 2.05) is 72.8 Å². The summed E-state index contributed by atoms with van der Waals surface area (Å²) in [5.41, 5.74) is 4.05. The number of amides is 1. The second-order valence-electron chi connectivity index (χ2n) is 7.87. The Kier molecular flexibility index (Phi) is 6.05. The van der Waals surface area contributed by atoms with Crippen molar-refractivity contribution in [3.8, 4) is 0 Å². The molecule has 0 spiro atoms. The van der Waals surface area contributed by atoms with Crippen molar-refractivity contribution >= 4 is 32.6 Å². The second kappa shape index (κ2) is 9.43. The molecule has 0 unspecified atom stereocenters. The SMILES string of the molecule is CCc1cccc2sc(N(Cc3ccco3)C(=O)C(c3ccccc3)c3ccccc3)nc12. The molecule has 0 aliphatic heterocycles. The van der Waals surface area contributed by atoms with E-state index >= 15 is 0 Å². The lowest BCUT2D eigenvalue weighted by molar-refractivity contribution is -0.119. The predicted octanol–water partition coefficient (Wildman–Crippen LogP) is 6.82. The fraction of sp³-hybridized carbons (Fsp3) is 0.143. The highest BCUT2D eigenvalue weighted by Gasteiger charge is 2.31. The zero-order valence-electron chi connectivity index (χ0n) is 18.3. The Labute approximate surface area is 197 Å². The highest BCUT2D eigenvalue weighted by molar-refractivity contribution is 7.22. The molecular weight excluding hydrogens is 428 g/mol. The molecule has 4 nitrogen and oxygen atoms in total. The normalized spacial score (nSPS) is 11.2. The average molecular weight is 453 g/mol. The van der Waals surface area contributed by atoms with Crippen LogP contribution in [0.3, 0.4) is 0 Å². The van der Waals surface area contributed by atoms with E-state index in [0.29, 0.717) is 11.7 Å². The van der Waals surface area contributed by atoms with E-state index in [4.69, 9.17) is 9.40 Å². The third-order valence-corrected chi connectivity index (χ3v) is 6.82. The van der Waals surface area contributed by atoms with Crippen molar-refractivity contribution < 1.29 is 9.21 Å². The van der Waals surface area contributed by atoms with Gasteiger partial charge in [0, 0.05) is 0 Å². The van der Waals surface area contributed by atoms with Crippen molar-refractivity contribution in [1.29, 1.82) is 0 Å². The molecule has 0 radical (unpaired) electrons. The Morgan fingerprint density at radius 1 is 0.909 bits per heavy atom. The lowest BCUT2D eigenvalue weighted by Crippen LogP contribution is -2.35. The monoisotopic (exact) mass is 452 g/mol. The van der Waals surface area contributed by atoms with Gasteiger partial charge in [0.1, 0.15) is 5.76 Å². The molecule has 3 aromatic carbocycles. The molecule has 2 heterocycles. The van der Waals surface area contributed by atoms with Crippen LogP contribution in [0, 0.1) is 0 Å². The molecule has 5 rings (SSSR count). The topological polar surface area (TPSA) is 46.3 Å². The first kappa shape index (κ1) is 21.2. The summed E-state index contributed by atoms with van der Waals surface area (Å²) < 4.78 is 6.71. The molecule has 0 saturated heterocycles. The van der Waals surface area contributed by atoms with Crippen LogP contribution in [-0.2, 0) is 17.8 Å². The van der Waals surface area contributed by atoms with E-state index in [9.17, 15) is 4.79 Å². The molecule has 164 valence electrons. The van der Waals surface area contributed by atoms with Crippen LogP contribution in [0.25, 0.3) is 10.2 Å². The Morgan fingerprint density at radius 3 is 2.21 bits per heavy atom. The number of furan rings is 1. The smallest absolute Gasteiger partial charge is 0.241 e. The van der Waals surface area contributed by atoms with Crippen LogP contribution in [0.5, 0.6) is 0 Å². The zero-order valence-corrected chi connectivity index (χ0v) is 19.2. The molecule has 0 aliphatic carbocycles. The van der Waals surface area contributed by atoms with Gasteiger partial charge in [-0.2, -0.15) is 0 Å². The van der Waals surface area contributed by atoms with Crippen LogP contribution in [0.4, 0.5) is 5.13 Å². The molecule has 0 saturated carbocycles. The number of para-hydroxylation sites is 1. The Morgan fingerprint density at radius 2 is 1.61 bits per heavy atom. The number of carbonyl (C=O) groups excluding carboxylic acids is 1. The predicted molar refractivity (Wildman–Crippen MR) is 134 cm³/mol. The van der Waals surface area contributed by atoms with E-state index in [-0.39, 0.29) is 5.91 Å². The van der Waals surface area contributed by atoms with E-state index in [0.717, 1.165) is 33.5 Å². The molecule has 0 aliphatic rings. The van der Waals surface area contributed by atoms with E-state index in [1.54, 1.807) is 22.5 Å². The maximum absolute atomic E-state index is 14.3. The van der Waals surface area contributed by atoms with Gasteiger partial charge in [-0.15, -0.1) is 0 Å². The van der Waals surface area contributed by atoms with E-state index in [1.165, 1.54) is 5.56 Å². The largest absolute Gasteiger partial charge is 0.467 e. The van der Waals surface area contributed by atoms with Gasteiger partial charge in [-0.05, 0) is 41.3 Å². The number of carbonyl (C=O) groups is 1. The molecule has 0 bridgehead atoms. The number of hydrogen-bond donors (Lipinski definition) is 0. The molecule has 2 aromatic heterocycles. The molecule has 0 fully saturated rings. The first-order valence-electron chi connectivity index (χ1n) is 11.1. The quantitative estimate of drug-likeness (QED) is 0.272. The Balaban J connectivity index is 1.63. The number of thiazole rings is 1. The first-order chi connectivity index (χ1) is 16.2. The van der Waals surface area contributed by atoms with Crippen LogP contribution >= 0.6 is 11.3 Å². The van der Waals surface area contributed by atoms with Crippen molar-refractivity contribution in [1.82, 2.24) is 4.98 Å². The standard InChI is InChI=1S/C28H24N2O2S/c1-2-20-15-9-17-24-26(20)29-28(33-24)30(19-23-16-10-18-32-23)27(31)25(21-11-5-3-6-12-21)22-13-7-4-8-14-22/h3-18,25H,2,19H2,1H3. The number of nitrogens with zero attached hydrogens (tertiary/aromatic N) is 2. The van der Waals surface area contributed by atoms with Gasteiger partial charge in [0.25, 0.3) is 0 Å². The summed E-state index contributed by atoms with van der Waals surface area (Å²) in [6, 6.07) is 29.8. The van der Waals surface area contributed by atoms with Crippen molar-refractivity contribution in [2.45, 2.75) is 25.8 Å². The molecule has 0 atom stereocenters. The Hall–Kier alpha value is -3.70. The summed E-state index contributed by atoms with van der Waals surface area (Å²) >= 11 is 1.55. The molecule has 5 aromatic rings. The van der Waals surface area contributed by atoms with E-state index in [2.05, 4.69) is 25.1 Å². The summed E-state index contributed by atoms with van der Waals surface area (Å²) in [6.45, 7) is 2.45.